The molecule has 1 fully saturated rings. The predicted octanol–water partition coefficient (Wildman–Crippen LogP) is 1.04. The number of hydrogen-bond donors (Lipinski definition) is 1. The fourth-order valence-corrected chi connectivity index (χ4v) is 2.64. The summed E-state index contributed by atoms with van der Waals surface area (Å²) >= 11 is 0. The van der Waals surface area contributed by atoms with Crippen LogP contribution in [0.5, 0.6) is 0 Å². The van der Waals surface area contributed by atoms with Crippen LogP contribution in [0.1, 0.15) is 10.4 Å². The number of nitrogens with zero attached hydrogens (tertiary/aromatic N) is 4. The number of nitro groups is 1. The van der Waals surface area contributed by atoms with Crippen molar-refractivity contribution in [2.45, 2.75) is 0 Å². The van der Waals surface area contributed by atoms with Gasteiger partial charge in [0.15, 0.2) is 0 Å². The molecule has 8 heteroatoms. The zero-order chi connectivity index (χ0) is 16.4. The maximum absolute atomic E-state index is 12.7. The van der Waals surface area contributed by atoms with E-state index in [1.165, 1.54) is 12.1 Å². The molecular formula is C15H17N5O3. The fourth-order valence-electron chi connectivity index (χ4n) is 2.64. The lowest BCUT2D eigenvalue weighted by molar-refractivity contribution is -0.384. The SMILES string of the molecule is Cn1cc(C(=O)N2CCNCC2)c(-c2ccc([N+](=O)[O-])cc2)n1. The average Bonchev–Trinajstić information content (AvgIpc) is 2.97. The maximum Gasteiger partial charge on any atom is 0.269 e. The molecule has 8 nitrogen and oxygen atoms in total. The summed E-state index contributed by atoms with van der Waals surface area (Å²) in [4.78, 5) is 24.8. The Morgan fingerprint density at radius 2 is 1.91 bits per heavy atom. The molecule has 120 valence electrons. The van der Waals surface area contributed by atoms with Crippen molar-refractivity contribution in [1.82, 2.24) is 20.0 Å². The van der Waals surface area contributed by atoms with Gasteiger partial charge in [-0.05, 0) is 12.1 Å². The van der Waals surface area contributed by atoms with Gasteiger partial charge >= 0.3 is 0 Å². The number of piperazine rings is 1. The van der Waals surface area contributed by atoms with Gasteiger partial charge in [0, 0.05) is 57.1 Å². The molecule has 0 atom stereocenters. The van der Waals surface area contributed by atoms with Crippen LogP contribution in [0.15, 0.2) is 30.5 Å². The van der Waals surface area contributed by atoms with Gasteiger partial charge in [-0.15, -0.1) is 0 Å². The molecule has 23 heavy (non-hydrogen) atoms. The molecule has 1 saturated heterocycles. The minimum absolute atomic E-state index is 0.0136. The van der Waals surface area contributed by atoms with E-state index in [0.717, 1.165) is 13.1 Å². The van der Waals surface area contributed by atoms with Crippen molar-refractivity contribution in [2.24, 2.45) is 7.05 Å². The van der Waals surface area contributed by atoms with Gasteiger partial charge in [-0.1, -0.05) is 0 Å². The quantitative estimate of drug-likeness (QED) is 0.675. The van der Waals surface area contributed by atoms with Crippen molar-refractivity contribution in [3.05, 3.63) is 46.1 Å². The number of non-ortho nitro benzene ring substituents is 1. The Bertz CT molecular complexity index is 732. The fraction of sp³-hybridized carbons (Fsp3) is 0.333. The summed E-state index contributed by atoms with van der Waals surface area (Å²) in [5, 5.41) is 18.3. The Labute approximate surface area is 132 Å². The van der Waals surface area contributed by atoms with Crippen LogP contribution >= 0.6 is 0 Å². The van der Waals surface area contributed by atoms with Gasteiger partial charge in [0.25, 0.3) is 11.6 Å². The molecule has 1 aromatic carbocycles. The van der Waals surface area contributed by atoms with Crippen LogP contribution in [-0.2, 0) is 7.05 Å². The zero-order valence-corrected chi connectivity index (χ0v) is 12.7. The normalized spacial score (nSPS) is 14.7. The summed E-state index contributed by atoms with van der Waals surface area (Å²) in [6.07, 6.45) is 1.70. The van der Waals surface area contributed by atoms with Gasteiger partial charge < -0.3 is 10.2 Å². The first kappa shape index (κ1) is 15.2. The number of aromatic nitrogens is 2. The van der Waals surface area contributed by atoms with E-state index < -0.39 is 4.92 Å². The van der Waals surface area contributed by atoms with Crippen molar-refractivity contribution in [3.8, 4) is 11.3 Å². The van der Waals surface area contributed by atoms with Crippen molar-refractivity contribution >= 4 is 11.6 Å². The average molecular weight is 315 g/mol. The number of benzene rings is 1. The van der Waals surface area contributed by atoms with E-state index in [2.05, 4.69) is 10.4 Å². The van der Waals surface area contributed by atoms with Crippen LogP contribution in [0.2, 0.25) is 0 Å². The first-order valence-corrected chi connectivity index (χ1v) is 7.35. The Kier molecular flexibility index (Phi) is 4.07. The molecule has 2 heterocycles. The standard InChI is InChI=1S/C15H17N5O3/c1-18-10-13(15(21)19-8-6-16-7-9-19)14(17-18)11-2-4-12(5-3-11)20(22)23/h2-5,10,16H,6-9H2,1H3. The monoisotopic (exact) mass is 315 g/mol. The number of carbonyl (C=O) groups is 1. The molecule has 1 amide bonds. The summed E-state index contributed by atoms with van der Waals surface area (Å²) in [6, 6.07) is 6.08. The van der Waals surface area contributed by atoms with Gasteiger partial charge in [0.05, 0.1) is 10.5 Å². The summed E-state index contributed by atoms with van der Waals surface area (Å²) in [5.74, 6) is -0.0621. The molecule has 1 aliphatic rings. The third-order valence-electron chi connectivity index (χ3n) is 3.81. The van der Waals surface area contributed by atoms with E-state index in [9.17, 15) is 14.9 Å². The number of rotatable bonds is 3. The van der Waals surface area contributed by atoms with Crippen LogP contribution in [0.25, 0.3) is 11.3 Å². The number of nitrogens with one attached hydrogen (secondary N) is 1. The Balaban J connectivity index is 1.93. The zero-order valence-electron chi connectivity index (χ0n) is 12.7. The number of carbonyl (C=O) groups excluding carboxylic acids is 1. The molecule has 0 bridgehead atoms. The molecule has 1 N–H and O–H groups in total. The minimum atomic E-state index is -0.449. The van der Waals surface area contributed by atoms with Crippen LogP contribution in [0.4, 0.5) is 5.69 Å². The van der Waals surface area contributed by atoms with Crippen molar-refractivity contribution in [2.75, 3.05) is 26.2 Å². The Morgan fingerprint density at radius 1 is 1.26 bits per heavy atom. The summed E-state index contributed by atoms with van der Waals surface area (Å²) in [6.45, 7) is 2.87. The van der Waals surface area contributed by atoms with E-state index in [-0.39, 0.29) is 11.6 Å². The van der Waals surface area contributed by atoms with Gasteiger partial charge in [-0.3, -0.25) is 19.6 Å². The van der Waals surface area contributed by atoms with E-state index in [0.29, 0.717) is 29.9 Å². The second-order valence-corrected chi connectivity index (χ2v) is 5.41. The number of aryl methyl sites for hydroxylation is 1. The number of nitro benzene ring substituents is 1. The Morgan fingerprint density at radius 3 is 2.52 bits per heavy atom. The highest BCUT2D eigenvalue weighted by atomic mass is 16.6. The summed E-state index contributed by atoms with van der Waals surface area (Å²) < 4.78 is 1.59. The first-order chi connectivity index (χ1) is 11.1. The number of amides is 1. The smallest absolute Gasteiger partial charge is 0.269 e. The van der Waals surface area contributed by atoms with E-state index in [4.69, 9.17) is 0 Å². The maximum atomic E-state index is 12.7. The molecule has 3 rings (SSSR count). The lowest BCUT2D eigenvalue weighted by atomic mass is 10.1. The van der Waals surface area contributed by atoms with E-state index >= 15 is 0 Å². The molecule has 0 spiro atoms. The molecule has 2 aromatic rings. The molecule has 0 saturated carbocycles. The predicted molar refractivity (Wildman–Crippen MR) is 84.1 cm³/mol. The summed E-state index contributed by atoms with van der Waals surface area (Å²) in [7, 11) is 1.75. The lowest BCUT2D eigenvalue weighted by Crippen LogP contribution is -2.46. The molecule has 0 aliphatic carbocycles. The highest BCUT2D eigenvalue weighted by Gasteiger charge is 2.24. The molecule has 1 aromatic heterocycles. The van der Waals surface area contributed by atoms with Gasteiger partial charge in [-0.25, -0.2) is 0 Å². The third kappa shape index (κ3) is 3.07. The van der Waals surface area contributed by atoms with Gasteiger partial charge in [0.2, 0.25) is 0 Å². The van der Waals surface area contributed by atoms with Crippen molar-refractivity contribution in [1.29, 1.82) is 0 Å². The third-order valence-corrected chi connectivity index (χ3v) is 3.81. The molecule has 0 radical (unpaired) electrons. The second kappa shape index (κ2) is 6.17. The van der Waals surface area contributed by atoms with Crippen LogP contribution in [0, 0.1) is 10.1 Å². The minimum Gasteiger partial charge on any atom is -0.336 e. The largest absolute Gasteiger partial charge is 0.336 e. The highest BCUT2D eigenvalue weighted by molar-refractivity contribution is 5.99. The first-order valence-electron chi connectivity index (χ1n) is 7.35. The topological polar surface area (TPSA) is 93.3 Å². The molecular weight excluding hydrogens is 298 g/mol. The van der Waals surface area contributed by atoms with Gasteiger partial charge in [0.1, 0.15) is 5.69 Å². The van der Waals surface area contributed by atoms with Crippen molar-refractivity contribution < 1.29 is 9.72 Å². The van der Waals surface area contributed by atoms with Crippen LogP contribution in [-0.4, -0.2) is 51.7 Å². The highest BCUT2D eigenvalue weighted by Crippen LogP contribution is 2.25. The molecule has 0 unspecified atom stereocenters. The Hall–Kier alpha value is -2.74. The van der Waals surface area contributed by atoms with Crippen LogP contribution < -0.4 is 5.32 Å². The lowest BCUT2D eigenvalue weighted by Gasteiger charge is -2.27. The van der Waals surface area contributed by atoms with E-state index in [1.807, 2.05) is 0 Å². The summed E-state index contributed by atoms with van der Waals surface area (Å²) in [5.41, 5.74) is 1.77. The van der Waals surface area contributed by atoms with E-state index in [1.54, 1.807) is 35.0 Å². The van der Waals surface area contributed by atoms with Gasteiger partial charge in [-0.2, -0.15) is 5.10 Å². The molecule has 1 aliphatic heterocycles. The second-order valence-electron chi connectivity index (χ2n) is 5.41. The van der Waals surface area contributed by atoms with Crippen molar-refractivity contribution in [3.63, 3.8) is 0 Å². The number of hydrogen-bond acceptors (Lipinski definition) is 5. The van der Waals surface area contributed by atoms with Crippen LogP contribution in [0.3, 0.4) is 0 Å².